The third-order valence-electron chi connectivity index (χ3n) is 5.95. The summed E-state index contributed by atoms with van der Waals surface area (Å²) in [5.74, 6) is -0.636. The number of amides is 3. The summed E-state index contributed by atoms with van der Waals surface area (Å²) in [6.07, 6.45) is 2.54. The number of benzene rings is 2. The van der Waals surface area contributed by atoms with E-state index >= 15 is 0 Å². The Bertz CT molecular complexity index is 1290. The molecule has 1 aromatic heterocycles. The van der Waals surface area contributed by atoms with E-state index in [9.17, 15) is 14.4 Å². The van der Waals surface area contributed by atoms with Crippen LogP contribution in [0.15, 0.2) is 48.7 Å². The van der Waals surface area contributed by atoms with Gasteiger partial charge in [0, 0.05) is 25.2 Å². The lowest BCUT2D eigenvalue weighted by Gasteiger charge is -2.29. The molecule has 2 aromatic carbocycles. The summed E-state index contributed by atoms with van der Waals surface area (Å²) in [7, 11) is 1.83. The third kappa shape index (κ3) is 3.98. The van der Waals surface area contributed by atoms with Gasteiger partial charge in [-0.25, -0.2) is 0 Å². The highest BCUT2D eigenvalue weighted by atomic mass is 35.5. The number of rotatable bonds is 4. The summed E-state index contributed by atoms with van der Waals surface area (Å²) < 4.78 is 7.42. The monoisotopic (exact) mass is 464 g/mol. The van der Waals surface area contributed by atoms with Crippen molar-refractivity contribution in [3.05, 3.63) is 64.9 Å². The van der Waals surface area contributed by atoms with Crippen molar-refractivity contribution < 1.29 is 19.1 Å². The topological polar surface area (TPSA) is 93.5 Å². The minimum Gasteiger partial charge on any atom is -0.482 e. The molecule has 0 saturated carbocycles. The van der Waals surface area contributed by atoms with Gasteiger partial charge in [-0.1, -0.05) is 35.9 Å². The Labute approximate surface area is 195 Å². The molecule has 1 unspecified atom stereocenters. The van der Waals surface area contributed by atoms with E-state index in [0.717, 1.165) is 16.8 Å². The van der Waals surface area contributed by atoms with Crippen molar-refractivity contribution in [3.63, 3.8) is 0 Å². The average Bonchev–Trinajstić information content (AvgIpc) is 3.21. The molecule has 1 atom stereocenters. The van der Waals surface area contributed by atoms with E-state index in [0.29, 0.717) is 35.0 Å². The Hall–Kier alpha value is -3.65. The minimum absolute atomic E-state index is 0.0622. The maximum Gasteiger partial charge on any atom is 0.265 e. The number of nitrogens with zero attached hydrogens (tertiary/aromatic N) is 3. The molecule has 5 rings (SSSR count). The van der Waals surface area contributed by atoms with Gasteiger partial charge in [0.1, 0.15) is 5.75 Å². The van der Waals surface area contributed by atoms with Gasteiger partial charge in [0.05, 0.1) is 28.9 Å². The number of halogens is 1. The van der Waals surface area contributed by atoms with E-state index in [2.05, 4.69) is 10.4 Å². The molecule has 2 aliphatic rings. The zero-order valence-corrected chi connectivity index (χ0v) is 18.6. The predicted molar refractivity (Wildman–Crippen MR) is 122 cm³/mol. The van der Waals surface area contributed by atoms with E-state index in [-0.39, 0.29) is 30.7 Å². The molecule has 1 saturated heterocycles. The summed E-state index contributed by atoms with van der Waals surface area (Å²) in [5, 5.41) is 7.21. The highest BCUT2D eigenvalue weighted by Crippen LogP contribution is 2.41. The fourth-order valence-corrected chi connectivity index (χ4v) is 4.65. The van der Waals surface area contributed by atoms with Gasteiger partial charge in [-0.15, -0.1) is 0 Å². The molecule has 3 heterocycles. The third-order valence-corrected chi connectivity index (χ3v) is 6.37. The number of aromatic nitrogens is 2. The lowest BCUT2D eigenvalue weighted by molar-refractivity contribution is -0.134. The molecule has 1 fully saturated rings. The zero-order valence-electron chi connectivity index (χ0n) is 17.9. The quantitative estimate of drug-likeness (QED) is 0.598. The van der Waals surface area contributed by atoms with Crippen LogP contribution < -0.4 is 15.0 Å². The van der Waals surface area contributed by atoms with Crippen molar-refractivity contribution in [2.75, 3.05) is 11.5 Å². The first-order valence-corrected chi connectivity index (χ1v) is 11.0. The molecule has 0 bridgehead atoms. The lowest BCUT2D eigenvalue weighted by atomic mass is 9.88. The second kappa shape index (κ2) is 8.37. The van der Waals surface area contributed by atoms with Gasteiger partial charge in [-0.3, -0.25) is 29.3 Å². The van der Waals surface area contributed by atoms with E-state index in [1.807, 2.05) is 55.7 Å². The zero-order chi connectivity index (χ0) is 23.1. The number of anilines is 1. The summed E-state index contributed by atoms with van der Waals surface area (Å²) >= 11 is 6.74. The number of hydrogen-bond acceptors (Lipinski definition) is 5. The van der Waals surface area contributed by atoms with Gasteiger partial charge in [0.2, 0.25) is 11.8 Å². The van der Waals surface area contributed by atoms with Gasteiger partial charge in [-0.05, 0) is 35.7 Å². The number of piperidine rings is 1. The van der Waals surface area contributed by atoms with Crippen molar-refractivity contribution in [3.8, 4) is 16.9 Å². The van der Waals surface area contributed by atoms with Crippen LogP contribution in [0.5, 0.6) is 5.75 Å². The first kappa shape index (κ1) is 21.2. The summed E-state index contributed by atoms with van der Waals surface area (Å²) in [4.78, 5) is 38.1. The summed E-state index contributed by atoms with van der Waals surface area (Å²) in [5.41, 5.74) is 3.68. The molecule has 8 nitrogen and oxygen atoms in total. The first-order chi connectivity index (χ1) is 15.9. The van der Waals surface area contributed by atoms with Crippen molar-refractivity contribution >= 4 is 35.0 Å². The molecule has 9 heteroatoms. The molecular formula is C24H21ClN4O4. The number of fused-ring (bicyclic) bond motifs is 1. The van der Waals surface area contributed by atoms with Crippen molar-refractivity contribution in [1.29, 1.82) is 0 Å². The van der Waals surface area contributed by atoms with Crippen molar-refractivity contribution in [2.24, 2.45) is 7.05 Å². The maximum atomic E-state index is 12.5. The highest BCUT2D eigenvalue weighted by molar-refractivity contribution is 6.34. The van der Waals surface area contributed by atoms with Gasteiger partial charge in [0.15, 0.2) is 6.61 Å². The van der Waals surface area contributed by atoms with Crippen LogP contribution in [0.3, 0.4) is 0 Å². The average molecular weight is 465 g/mol. The molecule has 0 radical (unpaired) electrons. The molecule has 0 aliphatic carbocycles. The Kier molecular flexibility index (Phi) is 5.38. The molecule has 2 aliphatic heterocycles. The van der Waals surface area contributed by atoms with Gasteiger partial charge in [-0.2, -0.15) is 5.10 Å². The Morgan fingerprint density at radius 1 is 1.18 bits per heavy atom. The smallest absolute Gasteiger partial charge is 0.265 e. The van der Waals surface area contributed by atoms with Gasteiger partial charge in [0.25, 0.3) is 5.91 Å². The first-order valence-electron chi connectivity index (χ1n) is 10.6. The largest absolute Gasteiger partial charge is 0.482 e. The highest BCUT2D eigenvalue weighted by Gasteiger charge is 2.31. The second-order valence-electron chi connectivity index (χ2n) is 8.14. The SMILES string of the molecule is Cn1ccc(CN2C(=O)COc3cc(-c4cccc(C5CCC(=O)NC5=O)c4Cl)ccc32)n1. The number of aryl methyl sites for hydroxylation is 1. The Morgan fingerprint density at radius 3 is 2.79 bits per heavy atom. The number of hydrogen-bond donors (Lipinski definition) is 1. The summed E-state index contributed by atoms with van der Waals surface area (Å²) in [6.45, 7) is 0.286. The van der Waals surface area contributed by atoms with Crippen molar-refractivity contribution in [1.82, 2.24) is 15.1 Å². The van der Waals surface area contributed by atoms with Crippen molar-refractivity contribution in [2.45, 2.75) is 25.3 Å². The number of ether oxygens (including phenoxy) is 1. The van der Waals surface area contributed by atoms with Crippen LogP contribution in [0.2, 0.25) is 5.02 Å². The number of carbonyl (C=O) groups is 3. The molecule has 168 valence electrons. The fraction of sp³-hybridized carbons (Fsp3) is 0.250. The molecule has 1 N–H and O–H groups in total. The fourth-order valence-electron chi connectivity index (χ4n) is 4.29. The normalized spacial score (nSPS) is 18.1. The maximum absolute atomic E-state index is 12.5. The van der Waals surface area contributed by atoms with Crippen LogP contribution in [0.1, 0.15) is 30.0 Å². The van der Waals surface area contributed by atoms with Crippen LogP contribution in [0.25, 0.3) is 11.1 Å². The standard InChI is InChI=1S/C24H21ClN4O4/c1-28-10-9-15(27-28)12-29-19-7-5-14(11-20(19)33-13-22(29)31)16-3-2-4-17(23(16)25)18-6-8-21(30)26-24(18)32/h2-5,7,9-11,18H,6,8,12-13H2,1H3,(H,26,30,32). The van der Waals surface area contributed by atoms with Crippen LogP contribution in [-0.4, -0.2) is 34.1 Å². The van der Waals surface area contributed by atoms with E-state index < -0.39 is 5.92 Å². The molecule has 0 spiro atoms. The van der Waals surface area contributed by atoms with Gasteiger partial charge >= 0.3 is 0 Å². The van der Waals surface area contributed by atoms with Crippen LogP contribution in [0.4, 0.5) is 5.69 Å². The van der Waals surface area contributed by atoms with Crippen LogP contribution in [-0.2, 0) is 28.0 Å². The van der Waals surface area contributed by atoms with E-state index in [4.69, 9.17) is 16.3 Å². The van der Waals surface area contributed by atoms with Gasteiger partial charge < -0.3 is 4.74 Å². The summed E-state index contributed by atoms with van der Waals surface area (Å²) in [6, 6.07) is 13.0. The van der Waals surface area contributed by atoms with Crippen LogP contribution in [0, 0.1) is 0 Å². The minimum atomic E-state index is -0.476. The molecule has 3 amide bonds. The molecule has 33 heavy (non-hydrogen) atoms. The lowest BCUT2D eigenvalue weighted by Crippen LogP contribution is -2.39. The molecule has 3 aromatic rings. The van der Waals surface area contributed by atoms with E-state index in [1.165, 1.54) is 0 Å². The van der Waals surface area contributed by atoms with Crippen LogP contribution >= 0.6 is 11.6 Å². The second-order valence-corrected chi connectivity index (χ2v) is 8.52. The Morgan fingerprint density at radius 2 is 2.03 bits per heavy atom. The predicted octanol–water partition coefficient (Wildman–Crippen LogP) is 3.19. The van der Waals surface area contributed by atoms with E-state index in [1.54, 1.807) is 9.58 Å². The number of carbonyl (C=O) groups excluding carboxylic acids is 3. The molecular weight excluding hydrogens is 444 g/mol. The Balaban J connectivity index is 1.47. The number of imide groups is 1. The number of nitrogens with one attached hydrogen (secondary N) is 1.